The monoisotopic (exact) mass is 790 g/mol. The average molecular weight is 791 g/mol. The van der Waals surface area contributed by atoms with Crippen LogP contribution in [-0.4, -0.2) is 21.9 Å². The average Bonchev–Trinajstić information content (AvgIpc) is 3.37. The minimum atomic E-state index is -1.49. The van der Waals surface area contributed by atoms with Crippen molar-refractivity contribution in [2.24, 2.45) is 4.99 Å². The standard InChI is InChI=1S/C43H59N2Si2.C7H8.K/c1-26(2)30-18-15-19-31(27(3)4)39(30)44-41-36-23-17-22-34-35(43(46(9,10)11)47(12,13)14)24-25-37(38(34)36)42(41)45-40-32(28(5)6)20-16-21-33(40)29(7)8;1-7-5-3-2-4-6-7;/h15-29,35,43H,1-14H3;2-6H,1H3;/q-1;;+1/t35-;;/m0../s1. The Morgan fingerprint density at radius 3 is 1.49 bits per heavy atom. The van der Waals surface area contributed by atoms with Gasteiger partial charge in [-0.2, -0.15) is 0 Å². The molecule has 2 nitrogen and oxygen atoms in total. The zero-order valence-corrected chi connectivity index (χ0v) is 42.2. The van der Waals surface area contributed by atoms with E-state index < -0.39 is 16.1 Å². The van der Waals surface area contributed by atoms with Crippen LogP contribution in [0, 0.1) is 6.92 Å². The number of aliphatic imine (C=N–C) groups is 1. The Labute approximate surface area is 380 Å². The van der Waals surface area contributed by atoms with Gasteiger partial charge in [-0.3, -0.25) is 0 Å². The third kappa shape index (κ3) is 10.1. The minimum Gasteiger partial charge on any atom is -0.655 e. The van der Waals surface area contributed by atoms with Crippen LogP contribution in [0.2, 0.25) is 44.4 Å². The van der Waals surface area contributed by atoms with Crippen LogP contribution in [0.25, 0.3) is 10.9 Å². The number of aryl methyl sites for hydroxylation is 1. The molecule has 2 aliphatic rings. The maximum absolute atomic E-state index is 5.75. The number of hydrogen-bond donors (Lipinski definition) is 0. The SMILES string of the molecule is CC(C)c1cccc(C(C)C)c1N=C1C([N-]c2c(C(C)C)cccc2C(C)C)=C2C=C[C@H](C([Si](C)(C)C)[Si](C)(C)C)c3cccc1c32.Cc1ccccc1.[K+]. The molecule has 4 aromatic rings. The summed E-state index contributed by atoms with van der Waals surface area (Å²) in [6.07, 6.45) is 5.00. The van der Waals surface area contributed by atoms with Gasteiger partial charge in [0.25, 0.3) is 0 Å². The van der Waals surface area contributed by atoms with E-state index in [1.807, 2.05) is 18.2 Å². The molecule has 0 fully saturated rings. The number of rotatable bonds is 10. The molecular formula is C50H67KN2Si2. The first kappa shape index (κ1) is 45.6. The Morgan fingerprint density at radius 2 is 1.05 bits per heavy atom. The van der Waals surface area contributed by atoms with E-state index >= 15 is 0 Å². The molecule has 0 aromatic heterocycles. The van der Waals surface area contributed by atoms with E-state index in [0.29, 0.717) is 29.6 Å². The molecule has 1 atom stereocenters. The van der Waals surface area contributed by atoms with Crippen LogP contribution >= 0.6 is 0 Å². The minimum absolute atomic E-state index is 0. The van der Waals surface area contributed by atoms with Gasteiger partial charge >= 0.3 is 51.4 Å². The van der Waals surface area contributed by atoms with Gasteiger partial charge in [-0.15, -0.1) is 11.4 Å². The molecule has 0 aliphatic heterocycles. The van der Waals surface area contributed by atoms with Crippen molar-refractivity contribution in [1.82, 2.24) is 0 Å². The van der Waals surface area contributed by atoms with Gasteiger partial charge in [0.15, 0.2) is 0 Å². The molecular weight excluding hydrogens is 724 g/mol. The first-order chi connectivity index (χ1) is 25.3. The number of para-hydroxylation sites is 2. The van der Waals surface area contributed by atoms with E-state index in [-0.39, 0.29) is 51.4 Å². The molecule has 286 valence electrons. The number of allylic oxidation sites excluding steroid dienone is 4. The van der Waals surface area contributed by atoms with E-state index in [4.69, 9.17) is 10.3 Å². The number of hydrogen-bond acceptors (Lipinski definition) is 1. The second kappa shape index (κ2) is 18.7. The smallest absolute Gasteiger partial charge is 0.655 e. The predicted octanol–water partition coefficient (Wildman–Crippen LogP) is 13.0. The third-order valence-electron chi connectivity index (χ3n) is 11.2. The Balaban J connectivity index is 0.000000756. The van der Waals surface area contributed by atoms with Crippen molar-refractivity contribution in [2.75, 3.05) is 0 Å². The summed E-state index contributed by atoms with van der Waals surface area (Å²) in [4.78, 5) is 5.75. The summed E-state index contributed by atoms with van der Waals surface area (Å²) < 4.78 is 0. The molecule has 0 saturated carbocycles. The predicted molar refractivity (Wildman–Crippen MR) is 245 cm³/mol. The normalized spacial score (nSPS) is 15.9. The van der Waals surface area contributed by atoms with Crippen molar-refractivity contribution in [3.8, 4) is 0 Å². The third-order valence-corrected chi connectivity index (χ3v) is 20.9. The fourth-order valence-corrected chi connectivity index (χ4v) is 22.2. The zero-order valence-electron chi connectivity index (χ0n) is 37.1. The molecule has 0 spiro atoms. The van der Waals surface area contributed by atoms with Crippen LogP contribution in [-0.2, 0) is 0 Å². The second-order valence-electron chi connectivity index (χ2n) is 19.0. The van der Waals surface area contributed by atoms with Crippen molar-refractivity contribution in [2.45, 2.75) is 136 Å². The molecule has 6 rings (SSSR count). The van der Waals surface area contributed by atoms with Gasteiger partial charge in [0.1, 0.15) is 0 Å². The van der Waals surface area contributed by atoms with Crippen LogP contribution in [0.15, 0.2) is 108 Å². The van der Waals surface area contributed by atoms with E-state index in [1.54, 1.807) is 0 Å². The molecule has 0 radical (unpaired) electrons. The van der Waals surface area contributed by atoms with Gasteiger partial charge in [0.05, 0.1) is 11.4 Å². The molecule has 55 heavy (non-hydrogen) atoms. The maximum atomic E-state index is 5.75. The van der Waals surface area contributed by atoms with E-state index in [9.17, 15) is 0 Å². The van der Waals surface area contributed by atoms with Gasteiger partial charge in [-0.25, -0.2) is 4.99 Å². The van der Waals surface area contributed by atoms with Gasteiger partial charge in [0, 0.05) is 27.6 Å². The summed E-state index contributed by atoms with van der Waals surface area (Å²) in [5.74, 6) is 1.90. The quantitative estimate of drug-likeness (QED) is 0.143. The number of nitrogens with zero attached hydrogens (tertiary/aromatic N) is 2. The molecule has 2 aliphatic carbocycles. The summed E-state index contributed by atoms with van der Waals surface area (Å²) >= 11 is 0. The maximum Gasteiger partial charge on any atom is 1.00 e. The fourth-order valence-electron chi connectivity index (χ4n) is 9.12. The Kier molecular flexibility index (Phi) is 15.5. The van der Waals surface area contributed by atoms with E-state index in [1.165, 1.54) is 50.1 Å². The molecule has 0 N–H and O–H groups in total. The second-order valence-corrected chi connectivity index (χ2v) is 30.3. The largest absolute Gasteiger partial charge is 1.00 e. The van der Waals surface area contributed by atoms with Gasteiger partial charge in [-0.1, -0.05) is 208 Å². The van der Waals surface area contributed by atoms with Gasteiger partial charge in [0.2, 0.25) is 0 Å². The molecule has 0 amide bonds. The van der Waals surface area contributed by atoms with Crippen molar-refractivity contribution in [3.63, 3.8) is 0 Å². The van der Waals surface area contributed by atoms with Crippen LogP contribution in [0.1, 0.15) is 129 Å². The van der Waals surface area contributed by atoms with Crippen LogP contribution in [0.3, 0.4) is 0 Å². The van der Waals surface area contributed by atoms with Crippen molar-refractivity contribution < 1.29 is 51.4 Å². The fraction of sp³-hybridized carbons (Fsp3) is 0.420. The van der Waals surface area contributed by atoms with Crippen LogP contribution in [0.4, 0.5) is 11.4 Å². The zero-order chi connectivity index (χ0) is 39.7. The first-order valence-electron chi connectivity index (χ1n) is 20.5. The van der Waals surface area contributed by atoms with E-state index in [2.05, 4.69) is 180 Å². The van der Waals surface area contributed by atoms with Crippen molar-refractivity contribution in [1.29, 1.82) is 0 Å². The molecule has 4 aromatic carbocycles. The summed E-state index contributed by atoms with van der Waals surface area (Å²) in [6, 6.07) is 30.8. The summed E-state index contributed by atoms with van der Waals surface area (Å²) in [6.45, 7) is 35.9. The van der Waals surface area contributed by atoms with Gasteiger partial charge in [-0.05, 0) is 63.6 Å². The Morgan fingerprint density at radius 1 is 0.582 bits per heavy atom. The van der Waals surface area contributed by atoms with Crippen LogP contribution < -0.4 is 51.4 Å². The number of benzene rings is 4. The van der Waals surface area contributed by atoms with Crippen molar-refractivity contribution >= 4 is 38.8 Å². The first-order valence-corrected chi connectivity index (χ1v) is 27.6. The molecule has 5 heteroatoms. The molecule has 0 bridgehead atoms. The summed E-state index contributed by atoms with van der Waals surface area (Å²) in [5, 5.41) is 6.48. The molecule has 0 heterocycles. The Hall–Kier alpha value is -2.10. The van der Waals surface area contributed by atoms with Gasteiger partial charge < -0.3 is 5.32 Å². The van der Waals surface area contributed by atoms with Crippen molar-refractivity contribution in [3.05, 3.63) is 153 Å². The molecule has 0 unspecified atom stereocenters. The summed E-state index contributed by atoms with van der Waals surface area (Å²) in [7, 11) is -2.98. The summed E-state index contributed by atoms with van der Waals surface area (Å²) in [5.41, 5.74) is 16.2. The topological polar surface area (TPSA) is 26.5 Å². The molecule has 0 saturated heterocycles. The van der Waals surface area contributed by atoms with Crippen LogP contribution in [0.5, 0.6) is 0 Å². The van der Waals surface area contributed by atoms with E-state index in [0.717, 1.165) is 27.9 Å². The Bertz CT molecular complexity index is 1970.